The highest BCUT2D eigenvalue weighted by molar-refractivity contribution is 6.10. The number of esters is 1. The molecule has 3 aromatic rings. The predicted octanol–water partition coefficient (Wildman–Crippen LogP) is 6.11. The number of carbonyl (C=O) groups excluding carboxylic acids is 1. The lowest BCUT2D eigenvalue weighted by Crippen LogP contribution is -2.38. The van der Waals surface area contributed by atoms with Gasteiger partial charge in [0, 0.05) is 28.6 Å². The fourth-order valence-electron chi connectivity index (χ4n) is 5.41. The standard InChI is InChI=1S/C29H35FN4O3/c1-17(2)33-13-11-20(12-14-33)25-24(36-5)10-9-23(27(25)30)34(18(3)4)28-26(29(35)37-6)21-8-7-19(16-31)15-22(21)32-28/h7-10,15,17-18,20,32H,11-14H2,1-6H3. The van der Waals surface area contributed by atoms with E-state index in [-0.39, 0.29) is 17.8 Å². The van der Waals surface area contributed by atoms with Crippen molar-refractivity contribution in [1.29, 1.82) is 5.26 Å². The Bertz CT molecular complexity index is 1330. The van der Waals surface area contributed by atoms with Crippen molar-refractivity contribution in [3.05, 3.63) is 52.8 Å². The Hall–Kier alpha value is -3.57. The minimum atomic E-state index is -0.535. The van der Waals surface area contributed by atoms with Gasteiger partial charge in [-0.3, -0.25) is 0 Å². The second-order valence-corrected chi connectivity index (χ2v) is 10.1. The highest BCUT2D eigenvalue weighted by atomic mass is 19.1. The van der Waals surface area contributed by atoms with Crippen LogP contribution in [0.2, 0.25) is 0 Å². The molecule has 1 aliphatic rings. The molecule has 196 valence electrons. The minimum absolute atomic E-state index is 0.0277. The van der Waals surface area contributed by atoms with Gasteiger partial charge in [0.25, 0.3) is 0 Å². The number of fused-ring (bicyclic) bond motifs is 1. The molecule has 8 heteroatoms. The molecule has 0 atom stereocenters. The number of aromatic amines is 1. The van der Waals surface area contributed by atoms with Gasteiger partial charge in [-0.15, -0.1) is 0 Å². The first-order chi connectivity index (χ1) is 17.7. The van der Waals surface area contributed by atoms with Crippen LogP contribution in [0.1, 0.15) is 67.9 Å². The number of nitriles is 1. The Morgan fingerprint density at radius 2 is 1.86 bits per heavy atom. The molecule has 37 heavy (non-hydrogen) atoms. The van der Waals surface area contributed by atoms with Gasteiger partial charge in [-0.1, -0.05) is 6.07 Å². The minimum Gasteiger partial charge on any atom is -0.496 e. The molecule has 1 fully saturated rings. The number of aromatic nitrogens is 1. The molecule has 2 aromatic carbocycles. The Morgan fingerprint density at radius 3 is 2.43 bits per heavy atom. The fourth-order valence-corrected chi connectivity index (χ4v) is 5.41. The molecule has 0 aliphatic carbocycles. The van der Waals surface area contributed by atoms with Crippen molar-refractivity contribution in [3.8, 4) is 11.8 Å². The van der Waals surface area contributed by atoms with Crippen LogP contribution >= 0.6 is 0 Å². The van der Waals surface area contributed by atoms with Crippen LogP contribution in [0.4, 0.5) is 15.9 Å². The summed E-state index contributed by atoms with van der Waals surface area (Å²) in [7, 11) is 2.89. The SMILES string of the molecule is COC(=O)c1c(N(c2ccc(OC)c(C3CCN(C(C)C)CC3)c2F)C(C)C)[nH]c2cc(C#N)ccc12. The van der Waals surface area contributed by atoms with Crippen LogP contribution in [0.25, 0.3) is 10.9 Å². The summed E-state index contributed by atoms with van der Waals surface area (Å²) < 4.78 is 27.3. The molecule has 0 saturated carbocycles. The second kappa shape index (κ2) is 10.8. The largest absolute Gasteiger partial charge is 0.496 e. The first-order valence-electron chi connectivity index (χ1n) is 12.8. The molecule has 7 nitrogen and oxygen atoms in total. The zero-order chi connectivity index (χ0) is 26.9. The topological polar surface area (TPSA) is 81.6 Å². The van der Waals surface area contributed by atoms with Crippen molar-refractivity contribution >= 4 is 28.4 Å². The summed E-state index contributed by atoms with van der Waals surface area (Å²) in [5.74, 6) is 0.114. The van der Waals surface area contributed by atoms with Crippen LogP contribution in [0.5, 0.6) is 5.75 Å². The number of hydrogen-bond acceptors (Lipinski definition) is 6. The number of methoxy groups -OCH3 is 2. The Kier molecular flexibility index (Phi) is 7.74. The van der Waals surface area contributed by atoms with Gasteiger partial charge < -0.3 is 24.3 Å². The number of H-pyrrole nitrogens is 1. The number of benzene rings is 2. The van der Waals surface area contributed by atoms with Crippen LogP contribution in [-0.4, -0.2) is 55.2 Å². The average molecular weight is 507 g/mol. The third-order valence-corrected chi connectivity index (χ3v) is 7.32. The molecular weight excluding hydrogens is 471 g/mol. The van der Waals surface area contributed by atoms with Crippen molar-refractivity contribution in [2.75, 3.05) is 32.2 Å². The number of rotatable bonds is 7. The zero-order valence-corrected chi connectivity index (χ0v) is 22.4. The van der Waals surface area contributed by atoms with E-state index in [1.54, 1.807) is 36.3 Å². The molecule has 4 rings (SSSR count). The average Bonchev–Trinajstić information content (AvgIpc) is 3.26. The van der Waals surface area contributed by atoms with E-state index in [1.807, 2.05) is 19.9 Å². The van der Waals surface area contributed by atoms with Crippen molar-refractivity contribution in [2.24, 2.45) is 0 Å². The van der Waals surface area contributed by atoms with Crippen LogP contribution in [-0.2, 0) is 4.74 Å². The van der Waals surface area contributed by atoms with Gasteiger partial charge in [0.2, 0.25) is 0 Å². The molecule has 0 spiro atoms. The summed E-state index contributed by atoms with van der Waals surface area (Å²) in [4.78, 5) is 20.4. The van der Waals surface area contributed by atoms with E-state index < -0.39 is 5.97 Å². The second-order valence-electron chi connectivity index (χ2n) is 10.1. The number of carbonyl (C=O) groups is 1. The summed E-state index contributed by atoms with van der Waals surface area (Å²) in [5.41, 5.74) is 2.30. The van der Waals surface area contributed by atoms with Crippen molar-refractivity contribution in [3.63, 3.8) is 0 Å². The third-order valence-electron chi connectivity index (χ3n) is 7.32. The number of nitrogens with zero attached hydrogens (tertiary/aromatic N) is 3. The first kappa shape index (κ1) is 26.5. The van der Waals surface area contributed by atoms with E-state index in [2.05, 4.69) is 29.8 Å². The maximum Gasteiger partial charge on any atom is 0.342 e. The van der Waals surface area contributed by atoms with Gasteiger partial charge >= 0.3 is 5.97 Å². The van der Waals surface area contributed by atoms with Gasteiger partial charge in [0.05, 0.1) is 31.5 Å². The molecule has 1 aliphatic heterocycles. The molecule has 1 saturated heterocycles. The monoisotopic (exact) mass is 506 g/mol. The number of ether oxygens (including phenoxy) is 2. The quantitative estimate of drug-likeness (QED) is 0.390. The summed E-state index contributed by atoms with van der Waals surface area (Å²) >= 11 is 0. The van der Waals surface area contributed by atoms with E-state index in [0.717, 1.165) is 25.9 Å². The van der Waals surface area contributed by atoms with Crippen LogP contribution in [0.15, 0.2) is 30.3 Å². The van der Waals surface area contributed by atoms with Gasteiger partial charge in [-0.25, -0.2) is 9.18 Å². The molecule has 1 aromatic heterocycles. The summed E-state index contributed by atoms with van der Waals surface area (Å²) in [5, 5.41) is 9.97. The number of piperidine rings is 1. The van der Waals surface area contributed by atoms with Gasteiger partial charge in [0.15, 0.2) is 5.82 Å². The lowest BCUT2D eigenvalue weighted by molar-refractivity contribution is 0.0604. The molecular formula is C29H35FN4O3. The molecule has 1 N–H and O–H groups in total. The Labute approximate surface area is 217 Å². The fraction of sp³-hybridized carbons (Fsp3) is 0.448. The summed E-state index contributed by atoms with van der Waals surface area (Å²) in [6, 6.07) is 10.9. The smallest absolute Gasteiger partial charge is 0.342 e. The third kappa shape index (κ3) is 4.88. The van der Waals surface area contributed by atoms with Crippen LogP contribution < -0.4 is 9.64 Å². The Balaban J connectivity index is 1.87. The number of halogens is 1. The highest BCUT2D eigenvalue weighted by Gasteiger charge is 2.32. The van der Waals surface area contributed by atoms with Gasteiger partial charge in [0.1, 0.15) is 17.1 Å². The number of nitrogens with one attached hydrogen (secondary N) is 1. The van der Waals surface area contributed by atoms with E-state index in [9.17, 15) is 10.1 Å². The van der Waals surface area contributed by atoms with Crippen molar-refractivity contribution in [2.45, 2.75) is 58.5 Å². The lowest BCUT2D eigenvalue weighted by Gasteiger charge is -2.36. The zero-order valence-electron chi connectivity index (χ0n) is 22.4. The van der Waals surface area contributed by atoms with Crippen molar-refractivity contribution < 1.29 is 18.7 Å². The van der Waals surface area contributed by atoms with Crippen LogP contribution in [0.3, 0.4) is 0 Å². The Morgan fingerprint density at radius 1 is 1.16 bits per heavy atom. The van der Waals surface area contributed by atoms with Crippen molar-refractivity contribution in [1.82, 2.24) is 9.88 Å². The number of likely N-dealkylation sites (tertiary alicyclic amines) is 1. The molecule has 2 heterocycles. The van der Waals surface area contributed by atoms with Gasteiger partial charge in [-0.05, 0) is 83.8 Å². The first-order valence-corrected chi connectivity index (χ1v) is 12.8. The van der Waals surface area contributed by atoms with E-state index in [0.29, 0.717) is 50.9 Å². The van der Waals surface area contributed by atoms with E-state index in [4.69, 9.17) is 9.47 Å². The molecule has 0 radical (unpaired) electrons. The predicted molar refractivity (Wildman–Crippen MR) is 143 cm³/mol. The molecule has 0 unspecified atom stereocenters. The molecule has 0 bridgehead atoms. The maximum absolute atomic E-state index is 16.5. The number of hydrogen-bond donors (Lipinski definition) is 1. The highest BCUT2D eigenvalue weighted by Crippen LogP contribution is 2.43. The van der Waals surface area contributed by atoms with Crippen LogP contribution in [0, 0.1) is 17.1 Å². The van der Waals surface area contributed by atoms with Gasteiger partial charge in [-0.2, -0.15) is 5.26 Å². The van der Waals surface area contributed by atoms with E-state index >= 15 is 4.39 Å². The summed E-state index contributed by atoms with van der Waals surface area (Å²) in [6.07, 6.45) is 1.68. The number of anilines is 2. The lowest BCUT2D eigenvalue weighted by atomic mass is 9.87. The van der Waals surface area contributed by atoms with E-state index in [1.165, 1.54) is 7.11 Å². The maximum atomic E-state index is 16.5. The summed E-state index contributed by atoms with van der Waals surface area (Å²) in [6.45, 7) is 10.1. The molecule has 0 amide bonds. The normalized spacial score (nSPS) is 14.8.